The Morgan fingerprint density at radius 1 is 0.952 bits per heavy atom. The lowest BCUT2D eigenvalue weighted by Gasteiger charge is -2.40. The molecule has 0 bridgehead atoms. The number of aliphatic carboxylic acids is 1. The van der Waals surface area contributed by atoms with Gasteiger partial charge in [-0.2, -0.15) is 0 Å². The summed E-state index contributed by atoms with van der Waals surface area (Å²) in [6, 6.07) is 0.284. The number of carboxylic acids is 1. The molecule has 2 aliphatic heterocycles. The van der Waals surface area contributed by atoms with E-state index in [1.54, 1.807) is 0 Å². The van der Waals surface area contributed by atoms with Crippen molar-refractivity contribution in [1.82, 2.24) is 9.80 Å². The number of piperidine rings is 1. The monoisotopic (exact) mass is 296 g/mol. The van der Waals surface area contributed by atoms with E-state index in [2.05, 4.69) is 6.92 Å². The van der Waals surface area contributed by atoms with Crippen LogP contribution in [0.25, 0.3) is 0 Å². The van der Waals surface area contributed by atoms with E-state index in [1.165, 1.54) is 12.8 Å². The molecule has 0 aliphatic carbocycles. The summed E-state index contributed by atoms with van der Waals surface area (Å²) in [6.45, 7) is 3.68. The fourth-order valence-electron chi connectivity index (χ4n) is 3.68. The minimum absolute atomic E-state index is 0.0784. The molecule has 2 amide bonds. The molecule has 2 saturated heterocycles. The quantitative estimate of drug-likeness (QED) is 0.870. The molecule has 0 spiro atoms. The van der Waals surface area contributed by atoms with Gasteiger partial charge in [-0.15, -0.1) is 0 Å². The standard InChI is InChI=1S/C16H28N2O3/c1-2-13-8-4-3-6-10-17(13)16(21)18-11-7-5-9-14(18)12-15(19)20/h13-14H,2-12H2,1H3,(H,19,20). The SMILES string of the molecule is CCC1CCCCCN1C(=O)N1CCCCC1CC(=O)O. The number of carbonyl (C=O) groups is 2. The Morgan fingerprint density at radius 2 is 1.52 bits per heavy atom. The fourth-order valence-corrected chi connectivity index (χ4v) is 3.68. The van der Waals surface area contributed by atoms with Gasteiger partial charge >= 0.3 is 12.0 Å². The Balaban J connectivity index is 2.08. The van der Waals surface area contributed by atoms with E-state index in [1.807, 2.05) is 9.80 Å². The van der Waals surface area contributed by atoms with E-state index >= 15 is 0 Å². The molecule has 2 unspecified atom stereocenters. The largest absolute Gasteiger partial charge is 0.481 e. The second-order valence-corrected chi connectivity index (χ2v) is 6.33. The maximum Gasteiger partial charge on any atom is 0.320 e. The molecule has 0 aromatic heterocycles. The number of carboxylic acid groups (broad SMARTS) is 1. The van der Waals surface area contributed by atoms with Gasteiger partial charge in [0.1, 0.15) is 0 Å². The summed E-state index contributed by atoms with van der Waals surface area (Å²) in [4.78, 5) is 27.8. The van der Waals surface area contributed by atoms with Gasteiger partial charge in [0.25, 0.3) is 0 Å². The third-order valence-electron chi connectivity index (χ3n) is 4.88. The van der Waals surface area contributed by atoms with Gasteiger partial charge in [0.05, 0.1) is 6.42 Å². The summed E-state index contributed by atoms with van der Waals surface area (Å²) in [5.74, 6) is -0.803. The van der Waals surface area contributed by atoms with Crippen LogP contribution in [0.4, 0.5) is 4.79 Å². The highest BCUT2D eigenvalue weighted by Crippen LogP contribution is 2.25. The smallest absolute Gasteiger partial charge is 0.320 e. The molecule has 0 radical (unpaired) electrons. The first kappa shape index (κ1) is 16.1. The van der Waals surface area contributed by atoms with Crippen molar-refractivity contribution in [1.29, 1.82) is 0 Å². The molecule has 2 atom stereocenters. The second-order valence-electron chi connectivity index (χ2n) is 6.33. The van der Waals surface area contributed by atoms with E-state index in [0.29, 0.717) is 12.6 Å². The molecule has 1 N–H and O–H groups in total. The molecule has 2 aliphatic rings. The van der Waals surface area contributed by atoms with Gasteiger partial charge in [0.2, 0.25) is 0 Å². The number of carbonyl (C=O) groups excluding carboxylic acids is 1. The Morgan fingerprint density at radius 3 is 2.19 bits per heavy atom. The van der Waals surface area contributed by atoms with Crippen molar-refractivity contribution >= 4 is 12.0 Å². The Hall–Kier alpha value is -1.26. The van der Waals surface area contributed by atoms with Gasteiger partial charge in [-0.3, -0.25) is 4.79 Å². The van der Waals surface area contributed by atoms with Crippen molar-refractivity contribution in [2.24, 2.45) is 0 Å². The summed E-state index contributed by atoms with van der Waals surface area (Å²) in [7, 11) is 0. The highest BCUT2D eigenvalue weighted by atomic mass is 16.4. The van der Waals surface area contributed by atoms with Crippen LogP contribution < -0.4 is 0 Å². The van der Waals surface area contributed by atoms with Gasteiger partial charge in [-0.25, -0.2) is 4.79 Å². The number of amides is 2. The van der Waals surface area contributed by atoms with Crippen LogP contribution in [0.2, 0.25) is 0 Å². The molecule has 2 fully saturated rings. The lowest BCUT2D eigenvalue weighted by Crippen LogP contribution is -2.53. The average Bonchev–Trinajstić information content (AvgIpc) is 2.71. The lowest BCUT2D eigenvalue weighted by molar-refractivity contribution is -0.138. The Bertz CT molecular complexity index is 373. The van der Waals surface area contributed by atoms with E-state index in [4.69, 9.17) is 5.11 Å². The highest BCUT2D eigenvalue weighted by molar-refractivity contribution is 5.76. The first-order valence-electron chi connectivity index (χ1n) is 8.42. The minimum Gasteiger partial charge on any atom is -0.481 e. The molecular formula is C16H28N2O3. The zero-order chi connectivity index (χ0) is 15.2. The average molecular weight is 296 g/mol. The lowest BCUT2D eigenvalue weighted by atomic mass is 9.99. The second kappa shape index (κ2) is 7.66. The molecular weight excluding hydrogens is 268 g/mol. The number of rotatable bonds is 3. The number of hydrogen-bond donors (Lipinski definition) is 1. The maximum atomic E-state index is 12.9. The number of likely N-dealkylation sites (tertiary alicyclic amines) is 2. The summed E-state index contributed by atoms with van der Waals surface area (Å²) in [6.07, 6.45) is 8.45. The summed E-state index contributed by atoms with van der Waals surface area (Å²) in [5.41, 5.74) is 0. The first-order valence-corrected chi connectivity index (χ1v) is 8.42. The van der Waals surface area contributed by atoms with Crippen LogP contribution in [0.5, 0.6) is 0 Å². The van der Waals surface area contributed by atoms with Crippen LogP contribution in [-0.2, 0) is 4.79 Å². The summed E-state index contributed by atoms with van der Waals surface area (Å²) in [5, 5.41) is 9.07. The van der Waals surface area contributed by atoms with E-state index in [-0.39, 0.29) is 18.5 Å². The zero-order valence-corrected chi connectivity index (χ0v) is 13.1. The van der Waals surface area contributed by atoms with Crippen LogP contribution in [-0.4, -0.2) is 52.1 Å². The van der Waals surface area contributed by atoms with Crippen LogP contribution in [0, 0.1) is 0 Å². The molecule has 2 heterocycles. The van der Waals surface area contributed by atoms with Crippen LogP contribution >= 0.6 is 0 Å². The van der Waals surface area contributed by atoms with Crippen molar-refractivity contribution in [3.8, 4) is 0 Å². The van der Waals surface area contributed by atoms with Crippen molar-refractivity contribution in [2.45, 2.75) is 76.8 Å². The van der Waals surface area contributed by atoms with Gasteiger partial charge < -0.3 is 14.9 Å². The number of nitrogens with zero attached hydrogens (tertiary/aromatic N) is 2. The molecule has 0 aromatic carbocycles. The topological polar surface area (TPSA) is 60.9 Å². The molecule has 0 saturated carbocycles. The van der Waals surface area contributed by atoms with Crippen LogP contribution in [0.15, 0.2) is 0 Å². The predicted molar refractivity (Wildman–Crippen MR) is 81.2 cm³/mol. The van der Waals surface area contributed by atoms with E-state index in [0.717, 1.165) is 45.1 Å². The molecule has 2 rings (SSSR count). The normalized spacial score (nSPS) is 27.3. The fraction of sp³-hybridized carbons (Fsp3) is 0.875. The number of hydrogen-bond acceptors (Lipinski definition) is 2. The zero-order valence-electron chi connectivity index (χ0n) is 13.1. The predicted octanol–water partition coefficient (Wildman–Crippen LogP) is 3.09. The molecule has 5 heteroatoms. The highest BCUT2D eigenvalue weighted by Gasteiger charge is 2.34. The van der Waals surface area contributed by atoms with E-state index in [9.17, 15) is 9.59 Å². The van der Waals surface area contributed by atoms with Gasteiger partial charge in [0, 0.05) is 25.2 Å². The molecule has 120 valence electrons. The van der Waals surface area contributed by atoms with Gasteiger partial charge in [-0.05, 0) is 38.5 Å². The Kier molecular flexibility index (Phi) is 5.88. The maximum absolute atomic E-state index is 12.9. The minimum atomic E-state index is -0.803. The third kappa shape index (κ3) is 4.11. The van der Waals surface area contributed by atoms with E-state index < -0.39 is 5.97 Å². The molecule has 21 heavy (non-hydrogen) atoms. The van der Waals surface area contributed by atoms with Crippen molar-refractivity contribution in [3.63, 3.8) is 0 Å². The first-order chi connectivity index (χ1) is 10.1. The van der Waals surface area contributed by atoms with Gasteiger partial charge in [0.15, 0.2) is 0 Å². The summed E-state index contributed by atoms with van der Waals surface area (Å²) < 4.78 is 0. The van der Waals surface area contributed by atoms with Crippen LogP contribution in [0.3, 0.4) is 0 Å². The van der Waals surface area contributed by atoms with Crippen LogP contribution in [0.1, 0.15) is 64.7 Å². The van der Waals surface area contributed by atoms with Crippen molar-refractivity contribution in [2.75, 3.05) is 13.1 Å². The third-order valence-corrected chi connectivity index (χ3v) is 4.88. The summed E-state index contributed by atoms with van der Waals surface area (Å²) >= 11 is 0. The number of urea groups is 1. The molecule has 0 aromatic rings. The van der Waals surface area contributed by atoms with Crippen molar-refractivity contribution in [3.05, 3.63) is 0 Å². The Labute approximate surface area is 127 Å². The van der Waals surface area contributed by atoms with Crippen molar-refractivity contribution < 1.29 is 14.7 Å². The van der Waals surface area contributed by atoms with Gasteiger partial charge in [-0.1, -0.05) is 19.8 Å². The molecule has 5 nitrogen and oxygen atoms in total.